The van der Waals surface area contributed by atoms with Crippen LogP contribution in [0.25, 0.3) is 0 Å². The zero-order valence-corrected chi connectivity index (χ0v) is 14.0. The van der Waals surface area contributed by atoms with Crippen molar-refractivity contribution in [1.82, 2.24) is 0 Å². The van der Waals surface area contributed by atoms with Crippen LogP contribution in [0.1, 0.15) is 18.1 Å². The van der Waals surface area contributed by atoms with Crippen molar-refractivity contribution in [2.24, 2.45) is 0 Å². The summed E-state index contributed by atoms with van der Waals surface area (Å²) in [7, 11) is 0. The van der Waals surface area contributed by atoms with Crippen LogP contribution in [0.3, 0.4) is 0 Å². The summed E-state index contributed by atoms with van der Waals surface area (Å²) in [4.78, 5) is 11.3. The number of rotatable bonds is 4. The van der Waals surface area contributed by atoms with Crippen molar-refractivity contribution in [1.29, 1.82) is 0 Å². The number of carbonyl (C=O) groups excluding carboxylic acids is 1. The SMILES string of the molecule is C=C(C)C(=O)OCc1c(Br)cc(Br)cc1CBr. The van der Waals surface area contributed by atoms with E-state index >= 15 is 0 Å². The number of halogens is 3. The maximum absolute atomic E-state index is 11.3. The second-order valence-corrected chi connectivity index (χ2v) is 5.85. The third-order valence-corrected chi connectivity index (χ3v) is 3.86. The number of alkyl halides is 1. The Balaban J connectivity index is 2.90. The fourth-order valence-corrected chi connectivity index (χ4v) is 3.13. The fraction of sp³-hybridized carbons (Fsp3) is 0.250. The van der Waals surface area contributed by atoms with Crippen LogP contribution >= 0.6 is 47.8 Å². The van der Waals surface area contributed by atoms with E-state index in [4.69, 9.17) is 4.74 Å². The highest BCUT2D eigenvalue weighted by molar-refractivity contribution is 9.11. The van der Waals surface area contributed by atoms with Gasteiger partial charge in [0.2, 0.25) is 0 Å². The molecule has 5 heteroatoms. The maximum Gasteiger partial charge on any atom is 0.333 e. The summed E-state index contributed by atoms with van der Waals surface area (Å²) >= 11 is 10.3. The van der Waals surface area contributed by atoms with Gasteiger partial charge in [-0.15, -0.1) is 0 Å². The molecule has 0 saturated heterocycles. The first-order valence-electron chi connectivity index (χ1n) is 4.81. The smallest absolute Gasteiger partial charge is 0.333 e. The van der Waals surface area contributed by atoms with Crippen LogP contribution in [0.4, 0.5) is 0 Å². The Kier molecular flexibility index (Phi) is 5.89. The molecule has 0 bridgehead atoms. The lowest BCUT2D eigenvalue weighted by Crippen LogP contribution is -2.06. The van der Waals surface area contributed by atoms with Crippen LogP contribution in [0, 0.1) is 0 Å². The van der Waals surface area contributed by atoms with Crippen molar-refractivity contribution in [3.05, 3.63) is 44.4 Å². The van der Waals surface area contributed by atoms with E-state index in [1.807, 2.05) is 12.1 Å². The molecule has 1 rings (SSSR count). The van der Waals surface area contributed by atoms with Crippen LogP contribution in [0.2, 0.25) is 0 Å². The Morgan fingerprint density at radius 3 is 2.59 bits per heavy atom. The van der Waals surface area contributed by atoms with Gasteiger partial charge in [-0.2, -0.15) is 0 Å². The van der Waals surface area contributed by atoms with E-state index in [1.165, 1.54) is 0 Å². The van der Waals surface area contributed by atoms with Gasteiger partial charge in [0, 0.05) is 25.4 Å². The molecule has 0 heterocycles. The molecule has 0 aliphatic carbocycles. The predicted octanol–water partition coefficient (Wildman–Crippen LogP) is 4.73. The molecular weight excluding hydrogens is 416 g/mol. The molecule has 0 amide bonds. The molecule has 0 radical (unpaired) electrons. The lowest BCUT2D eigenvalue weighted by Gasteiger charge is -2.11. The minimum Gasteiger partial charge on any atom is -0.457 e. The summed E-state index contributed by atoms with van der Waals surface area (Å²) in [6.07, 6.45) is 0. The zero-order chi connectivity index (χ0) is 13.0. The van der Waals surface area contributed by atoms with Crippen LogP contribution in [-0.4, -0.2) is 5.97 Å². The van der Waals surface area contributed by atoms with Crippen molar-refractivity contribution in [2.75, 3.05) is 0 Å². The first kappa shape index (κ1) is 14.9. The van der Waals surface area contributed by atoms with Crippen LogP contribution in [0.15, 0.2) is 33.2 Å². The molecule has 2 nitrogen and oxygen atoms in total. The first-order valence-corrected chi connectivity index (χ1v) is 7.51. The molecule has 1 aromatic rings. The topological polar surface area (TPSA) is 26.3 Å². The van der Waals surface area contributed by atoms with E-state index in [-0.39, 0.29) is 12.6 Å². The number of esters is 1. The highest BCUT2D eigenvalue weighted by atomic mass is 79.9. The van der Waals surface area contributed by atoms with Gasteiger partial charge in [0.25, 0.3) is 0 Å². The second kappa shape index (κ2) is 6.71. The molecule has 92 valence electrons. The van der Waals surface area contributed by atoms with Gasteiger partial charge in [-0.1, -0.05) is 54.4 Å². The number of hydrogen-bond donors (Lipinski definition) is 0. The molecule has 0 aliphatic rings. The van der Waals surface area contributed by atoms with E-state index in [0.29, 0.717) is 10.9 Å². The molecule has 0 atom stereocenters. The monoisotopic (exact) mass is 424 g/mol. The number of ether oxygens (including phenoxy) is 1. The van der Waals surface area contributed by atoms with E-state index < -0.39 is 0 Å². The Morgan fingerprint density at radius 1 is 1.41 bits per heavy atom. The molecule has 0 fully saturated rings. The maximum atomic E-state index is 11.3. The zero-order valence-electron chi connectivity index (χ0n) is 9.23. The predicted molar refractivity (Wildman–Crippen MR) is 79.1 cm³/mol. The molecular formula is C12H11Br3O2. The molecule has 0 aromatic heterocycles. The molecule has 0 aliphatic heterocycles. The molecule has 0 unspecified atom stereocenters. The van der Waals surface area contributed by atoms with Gasteiger partial charge in [-0.3, -0.25) is 0 Å². The second-order valence-electron chi connectivity index (χ2n) is 3.52. The van der Waals surface area contributed by atoms with Crippen molar-refractivity contribution in [3.8, 4) is 0 Å². The summed E-state index contributed by atoms with van der Waals surface area (Å²) in [6.45, 7) is 5.41. The summed E-state index contributed by atoms with van der Waals surface area (Å²) in [5.41, 5.74) is 2.43. The van der Waals surface area contributed by atoms with Gasteiger partial charge >= 0.3 is 5.97 Å². The van der Waals surface area contributed by atoms with Crippen molar-refractivity contribution < 1.29 is 9.53 Å². The summed E-state index contributed by atoms with van der Waals surface area (Å²) in [5, 5.41) is 0.699. The van der Waals surface area contributed by atoms with Gasteiger partial charge < -0.3 is 4.74 Å². The Bertz CT molecular complexity index is 455. The van der Waals surface area contributed by atoms with E-state index in [1.54, 1.807) is 6.92 Å². The highest BCUT2D eigenvalue weighted by Crippen LogP contribution is 2.28. The molecule has 0 saturated carbocycles. The number of carbonyl (C=O) groups is 1. The lowest BCUT2D eigenvalue weighted by atomic mass is 10.1. The largest absolute Gasteiger partial charge is 0.457 e. The molecule has 17 heavy (non-hydrogen) atoms. The third-order valence-electron chi connectivity index (χ3n) is 2.09. The summed E-state index contributed by atoms with van der Waals surface area (Å²) in [6, 6.07) is 3.92. The van der Waals surface area contributed by atoms with Crippen LogP contribution in [-0.2, 0) is 21.5 Å². The van der Waals surface area contributed by atoms with Crippen molar-refractivity contribution >= 4 is 53.8 Å². The minimum atomic E-state index is -0.375. The quantitative estimate of drug-likeness (QED) is 0.395. The Morgan fingerprint density at radius 2 is 2.06 bits per heavy atom. The Hall–Kier alpha value is -0.130. The van der Waals surface area contributed by atoms with Gasteiger partial charge in [-0.05, 0) is 24.6 Å². The van der Waals surface area contributed by atoms with Crippen molar-refractivity contribution in [3.63, 3.8) is 0 Å². The summed E-state index contributed by atoms with van der Waals surface area (Å²) < 4.78 is 7.04. The average molecular weight is 427 g/mol. The lowest BCUT2D eigenvalue weighted by molar-refractivity contribution is -0.140. The molecule has 0 spiro atoms. The van der Waals surface area contributed by atoms with Gasteiger partial charge in [0.1, 0.15) is 6.61 Å². The average Bonchev–Trinajstić information content (AvgIpc) is 2.26. The summed E-state index contributed by atoms with van der Waals surface area (Å²) in [5.74, 6) is -0.375. The normalized spacial score (nSPS) is 10.1. The standard InChI is InChI=1S/C12H11Br3O2/c1-7(2)12(16)17-6-10-8(5-13)3-9(14)4-11(10)15/h3-4H,1,5-6H2,2H3. The number of benzene rings is 1. The molecule has 1 aromatic carbocycles. The highest BCUT2D eigenvalue weighted by Gasteiger charge is 2.11. The number of hydrogen-bond acceptors (Lipinski definition) is 2. The first-order chi connectivity index (χ1) is 7.95. The minimum absolute atomic E-state index is 0.237. The molecule has 0 N–H and O–H groups in total. The third kappa shape index (κ3) is 4.23. The van der Waals surface area contributed by atoms with E-state index in [9.17, 15) is 4.79 Å². The van der Waals surface area contributed by atoms with Gasteiger partial charge in [-0.25, -0.2) is 4.79 Å². The van der Waals surface area contributed by atoms with E-state index in [0.717, 1.165) is 20.1 Å². The van der Waals surface area contributed by atoms with Gasteiger partial charge in [0.05, 0.1) is 0 Å². The van der Waals surface area contributed by atoms with Gasteiger partial charge in [0.15, 0.2) is 0 Å². The Labute approximate surface area is 126 Å². The van der Waals surface area contributed by atoms with E-state index in [2.05, 4.69) is 54.4 Å². The van der Waals surface area contributed by atoms with Crippen molar-refractivity contribution in [2.45, 2.75) is 18.9 Å². The van der Waals surface area contributed by atoms with Crippen LogP contribution in [0.5, 0.6) is 0 Å². The fourth-order valence-electron chi connectivity index (χ4n) is 1.20. The van der Waals surface area contributed by atoms with Crippen LogP contribution < -0.4 is 0 Å².